The van der Waals surface area contributed by atoms with Crippen molar-refractivity contribution in [2.75, 3.05) is 35.7 Å². The minimum atomic E-state index is -0.392. The van der Waals surface area contributed by atoms with Gasteiger partial charge >= 0.3 is 0 Å². The highest BCUT2D eigenvalue weighted by atomic mass is 32.2. The minimum Gasteiger partial charge on any atom is -0.381 e. The molecule has 27 heavy (non-hydrogen) atoms. The number of anilines is 2. The number of amides is 2. The molecule has 0 aliphatic carbocycles. The zero-order chi connectivity index (χ0) is 19.2. The van der Waals surface area contributed by atoms with Crippen LogP contribution >= 0.6 is 23.1 Å². The molecule has 0 unspecified atom stereocenters. The van der Waals surface area contributed by atoms with Gasteiger partial charge in [0.15, 0.2) is 4.34 Å². The topological polar surface area (TPSA) is 84.4 Å². The van der Waals surface area contributed by atoms with Gasteiger partial charge in [-0.3, -0.25) is 9.59 Å². The Balaban J connectivity index is 1.53. The van der Waals surface area contributed by atoms with Crippen LogP contribution in [-0.4, -0.2) is 47.5 Å². The summed E-state index contributed by atoms with van der Waals surface area (Å²) in [5.74, 6) is 0.166. The summed E-state index contributed by atoms with van der Waals surface area (Å²) in [5, 5.41) is 11.3. The molecule has 7 nitrogen and oxygen atoms in total. The minimum absolute atomic E-state index is 0.0385. The van der Waals surface area contributed by atoms with Crippen LogP contribution in [0.2, 0.25) is 0 Å². The summed E-state index contributed by atoms with van der Waals surface area (Å²) in [5.41, 5.74) is 1.95. The van der Waals surface area contributed by atoms with Gasteiger partial charge in [0.25, 0.3) is 0 Å². The van der Waals surface area contributed by atoms with Crippen LogP contribution in [0.1, 0.15) is 18.9 Å². The Morgan fingerprint density at radius 1 is 1.37 bits per heavy atom. The zero-order valence-electron chi connectivity index (χ0n) is 15.3. The van der Waals surface area contributed by atoms with Gasteiger partial charge in [0.2, 0.25) is 16.9 Å². The zero-order valence-corrected chi connectivity index (χ0v) is 16.9. The van der Waals surface area contributed by atoms with Gasteiger partial charge in [-0.2, -0.15) is 0 Å². The van der Waals surface area contributed by atoms with Crippen LogP contribution in [0.4, 0.5) is 10.8 Å². The van der Waals surface area contributed by atoms with Gasteiger partial charge in [-0.05, 0) is 26.0 Å². The van der Waals surface area contributed by atoms with Crippen LogP contribution in [0, 0.1) is 12.8 Å². The second-order valence-corrected chi connectivity index (χ2v) is 8.47. The molecule has 1 saturated heterocycles. The fraction of sp³-hybridized carbons (Fsp3) is 0.444. The van der Waals surface area contributed by atoms with E-state index in [2.05, 4.69) is 15.5 Å². The molecule has 1 fully saturated rings. The summed E-state index contributed by atoms with van der Waals surface area (Å²) in [7, 11) is 0. The third-order valence-electron chi connectivity index (χ3n) is 4.14. The predicted molar refractivity (Wildman–Crippen MR) is 107 cm³/mol. The Morgan fingerprint density at radius 2 is 2.15 bits per heavy atom. The smallest absolute Gasteiger partial charge is 0.231 e. The van der Waals surface area contributed by atoms with E-state index in [1.807, 2.05) is 38.1 Å². The van der Waals surface area contributed by atoms with Crippen LogP contribution < -0.4 is 10.2 Å². The van der Waals surface area contributed by atoms with E-state index < -0.39 is 5.92 Å². The number of nitrogens with zero attached hydrogens (tertiary/aromatic N) is 3. The Morgan fingerprint density at radius 3 is 2.89 bits per heavy atom. The van der Waals surface area contributed by atoms with Crippen LogP contribution in [-0.2, 0) is 14.3 Å². The number of carbonyl (C=O) groups is 2. The largest absolute Gasteiger partial charge is 0.381 e. The van der Waals surface area contributed by atoms with Gasteiger partial charge < -0.3 is 15.0 Å². The normalized spacial score (nSPS) is 16.7. The summed E-state index contributed by atoms with van der Waals surface area (Å²) in [6.45, 7) is 5.68. The van der Waals surface area contributed by atoms with E-state index in [0.29, 0.717) is 24.9 Å². The molecule has 2 amide bonds. The third kappa shape index (κ3) is 5.27. The number of aromatic nitrogens is 2. The summed E-state index contributed by atoms with van der Waals surface area (Å²) in [6, 6.07) is 7.73. The van der Waals surface area contributed by atoms with E-state index in [9.17, 15) is 9.59 Å². The highest BCUT2D eigenvalue weighted by Crippen LogP contribution is 2.28. The average molecular weight is 407 g/mol. The van der Waals surface area contributed by atoms with Crippen molar-refractivity contribution >= 4 is 45.7 Å². The summed E-state index contributed by atoms with van der Waals surface area (Å²) in [6.07, 6.45) is 0.203. The first kappa shape index (κ1) is 19.8. The monoisotopic (exact) mass is 406 g/mol. The van der Waals surface area contributed by atoms with Crippen LogP contribution in [0.3, 0.4) is 0 Å². The molecule has 1 aliphatic heterocycles. The van der Waals surface area contributed by atoms with Crippen molar-refractivity contribution in [3.63, 3.8) is 0 Å². The number of hydrogen-bond donors (Lipinski definition) is 1. The molecule has 0 saturated carbocycles. The van der Waals surface area contributed by atoms with Crippen molar-refractivity contribution in [1.29, 1.82) is 0 Å². The van der Waals surface area contributed by atoms with Gasteiger partial charge in [0.1, 0.15) is 0 Å². The highest BCUT2D eigenvalue weighted by molar-refractivity contribution is 8.01. The van der Waals surface area contributed by atoms with Gasteiger partial charge in [0.05, 0.1) is 12.5 Å². The SMILES string of the molecule is CCOCCSc1nnc(NC(=O)[C@@H]2CC(=O)N(c3ccc(C)cc3)C2)s1. The van der Waals surface area contributed by atoms with Crippen molar-refractivity contribution in [3.8, 4) is 0 Å². The molecule has 0 radical (unpaired) electrons. The van der Waals surface area contributed by atoms with Crippen LogP contribution in [0.15, 0.2) is 28.6 Å². The second kappa shape index (κ2) is 9.29. The third-order valence-corrected chi connectivity index (χ3v) is 6.07. The molecule has 1 aromatic heterocycles. The molecular formula is C18H22N4O3S2. The fourth-order valence-electron chi connectivity index (χ4n) is 2.72. The van der Waals surface area contributed by atoms with Crippen molar-refractivity contribution in [2.45, 2.75) is 24.6 Å². The summed E-state index contributed by atoms with van der Waals surface area (Å²) >= 11 is 2.88. The number of aryl methyl sites for hydroxylation is 1. The molecule has 0 spiro atoms. The summed E-state index contributed by atoms with van der Waals surface area (Å²) in [4.78, 5) is 26.5. The van der Waals surface area contributed by atoms with Crippen molar-refractivity contribution in [2.24, 2.45) is 5.92 Å². The van der Waals surface area contributed by atoms with Crippen LogP contribution in [0.5, 0.6) is 0 Å². The lowest BCUT2D eigenvalue weighted by molar-refractivity contribution is -0.122. The van der Waals surface area contributed by atoms with E-state index in [1.54, 1.807) is 16.7 Å². The standard InChI is InChI=1S/C18H22N4O3S2/c1-3-25-8-9-26-18-21-20-17(27-18)19-16(24)13-10-15(23)22(11-13)14-6-4-12(2)5-7-14/h4-7,13H,3,8-11H2,1-2H3,(H,19,20,24)/t13-/m1/s1. The number of benzene rings is 1. The van der Waals surface area contributed by atoms with E-state index in [0.717, 1.165) is 21.3 Å². The predicted octanol–water partition coefficient (Wildman–Crippen LogP) is 2.97. The van der Waals surface area contributed by atoms with Gasteiger partial charge in [-0.25, -0.2) is 0 Å². The number of thioether (sulfide) groups is 1. The molecule has 1 atom stereocenters. The number of rotatable bonds is 8. The number of carbonyl (C=O) groups excluding carboxylic acids is 2. The maximum atomic E-state index is 12.5. The molecule has 144 valence electrons. The van der Waals surface area contributed by atoms with Crippen LogP contribution in [0.25, 0.3) is 0 Å². The van der Waals surface area contributed by atoms with Crippen molar-refractivity contribution in [1.82, 2.24) is 10.2 Å². The molecule has 3 rings (SSSR count). The molecule has 1 N–H and O–H groups in total. The quantitative estimate of drug-likeness (QED) is 0.412. The van der Waals surface area contributed by atoms with E-state index in [1.165, 1.54) is 11.3 Å². The van der Waals surface area contributed by atoms with Gasteiger partial charge in [-0.15, -0.1) is 10.2 Å². The molecule has 0 bridgehead atoms. The fourth-order valence-corrected chi connectivity index (χ4v) is 4.39. The Hall–Kier alpha value is -1.97. The first-order valence-electron chi connectivity index (χ1n) is 8.78. The van der Waals surface area contributed by atoms with E-state index >= 15 is 0 Å². The lowest BCUT2D eigenvalue weighted by atomic mass is 10.1. The molecule has 2 heterocycles. The second-order valence-electron chi connectivity index (χ2n) is 6.15. The molecule has 2 aromatic rings. The lowest BCUT2D eigenvalue weighted by Gasteiger charge is -2.16. The van der Waals surface area contributed by atoms with Crippen molar-refractivity contribution < 1.29 is 14.3 Å². The Labute approximate surface area is 166 Å². The number of nitrogens with one attached hydrogen (secondary N) is 1. The first-order chi connectivity index (χ1) is 13.1. The van der Waals surface area contributed by atoms with E-state index in [-0.39, 0.29) is 18.2 Å². The Kier molecular flexibility index (Phi) is 6.81. The lowest BCUT2D eigenvalue weighted by Crippen LogP contribution is -2.28. The molecular weight excluding hydrogens is 384 g/mol. The average Bonchev–Trinajstić information content (AvgIpc) is 3.26. The number of ether oxygens (including phenoxy) is 1. The summed E-state index contributed by atoms with van der Waals surface area (Å²) < 4.78 is 6.07. The Bertz CT molecular complexity index is 794. The highest BCUT2D eigenvalue weighted by Gasteiger charge is 2.35. The van der Waals surface area contributed by atoms with Gasteiger partial charge in [0, 0.05) is 31.0 Å². The maximum absolute atomic E-state index is 12.5. The van der Waals surface area contributed by atoms with E-state index in [4.69, 9.17) is 4.74 Å². The molecule has 9 heteroatoms. The van der Waals surface area contributed by atoms with Crippen molar-refractivity contribution in [3.05, 3.63) is 29.8 Å². The van der Waals surface area contributed by atoms with Gasteiger partial charge in [-0.1, -0.05) is 40.8 Å². The number of hydrogen-bond acceptors (Lipinski definition) is 7. The first-order valence-corrected chi connectivity index (χ1v) is 10.6. The molecule has 1 aromatic carbocycles. The molecule has 1 aliphatic rings. The maximum Gasteiger partial charge on any atom is 0.231 e.